The van der Waals surface area contributed by atoms with E-state index in [1.165, 1.54) is 4.90 Å². The Bertz CT molecular complexity index is 432. The molecule has 0 saturated carbocycles. The van der Waals surface area contributed by atoms with Crippen molar-refractivity contribution in [3.8, 4) is 0 Å². The van der Waals surface area contributed by atoms with Gasteiger partial charge in [0.2, 0.25) is 0 Å². The molecule has 0 fully saturated rings. The van der Waals surface area contributed by atoms with Crippen LogP contribution in [0, 0.1) is 5.92 Å². The monoisotopic (exact) mass is 231 g/mol. The molecule has 1 aliphatic rings. The minimum Gasteiger partial charge on any atom is -0.271 e. The molecule has 3 nitrogen and oxygen atoms in total. The predicted octanol–water partition coefficient (Wildman–Crippen LogP) is 2.72. The fourth-order valence-corrected chi connectivity index (χ4v) is 2.17. The van der Waals surface area contributed by atoms with E-state index in [4.69, 9.17) is 0 Å². The highest BCUT2D eigenvalue weighted by Gasteiger charge is 2.39. The van der Waals surface area contributed by atoms with Crippen LogP contribution < -0.4 is 0 Å². The molecule has 90 valence electrons. The summed E-state index contributed by atoms with van der Waals surface area (Å²) >= 11 is 0. The summed E-state index contributed by atoms with van der Waals surface area (Å²) in [7, 11) is 0. The van der Waals surface area contributed by atoms with Crippen molar-refractivity contribution in [3.05, 3.63) is 35.4 Å². The van der Waals surface area contributed by atoms with Crippen molar-refractivity contribution < 1.29 is 9.59 Å². The van der Waals surface area contributed by atoms with Gasteiger partial charge in [-0.15, -0.1) is 0 Å². The van der Waals surface area contributed by atoms with Gasteiger partial charge in [-0.25, -0.2) is 0 Å². The average Bonchev–Trinajstić information content (AvgIpc) is 2.61. The molecule has 3 heteroatoms. The van der Waals surface area contributed by atoms with E-state index in [2.05, 4.69) is 13.8 Å². The predicted molar refractivity (Wildman–Crippen MR) is 65.9 cm³/mol. The number of benzene rings is 1. The lowest BCUT2D eigenvalue weighted by Gasteiger charge is -2.27. The van der Waals surface area contributed by atoms with Crippen LogP contribution in [0.4, 0.5) is 0 Å². The topological polar surface area (TPSA) is 37.4 Å². The number of rotatable bonds is 3. The molecule has 0 spiro atoms. The van der Waals surface area contributed by atoms with Crippen molar-refractivity contribution in [2.45, 2.75) is 33.2 Å². The van der Waals surface area contributed by atoms with Crippen LogP contribution in [0.5, 0.6) is 0 Å². The van der Waals surface area contributed by atoms with E-state index in [1.54, 1.807) is 24.3 Å². The zero-order valence-corrected chi connectivity index (χ0v) is 10.4. The number of hydrogen-bond acceptors (Lipinski definition) is 2. The molecule has 1 aromatic rings. The van der Waals surface area contributed by atoms with Crippen LogP contribution in [0.2, 0.25) is 0 Å². The molecule has 1 aromatic carbocycles. The van der Waals surface area contributed by atoms with Gasteiger partial charge in [0.05, 0.1) is 11.1 Å². The molecule has 1 heterocycles. The average molecular weight is 231 g/mol. The third-order valence-corrected chi connectivity index (χ3v) is 3.70. The minimum absolute atomic E-state index is 0.0487. The lowest BCUT2D eigenvalue weighted by atomic mass is 9.99. The fourth-order valence-electron chi connectivity index (χ4n) is 2.17. The van der Waals surface area contributed by atoms with Crippen molar-refractivity contribution in [2.24, 2.45) is 5.92 Å². The van der Waals surface area contributed by atoms with Crippen LogP contribution in [0.1, 0.15) is 47.9 Å². The molecule has 0 bridgehead atoms. The molecule has 0 aromatic heterocycles. The summed E-state index contributed by atoms with van der Waals surface area (Å²) in [4.78, 5) is 25.7. The number of hydrogen-bond donors (Lipinski definition) is 0. The van der Waals surface area contributed by atoms with Crippen molar-refractivity contribution in [2.75, 3.05) is 0 Å². The molecule has 2 atom stereocenters. The summed E-state index contributed by atoms with van der Waals surface area (Å²) in [6.07, 6.45) is 0.953. The molecule has 1 aliphatic heterocycles. The quantitative estimate of drug-likeness (QED) is 0.750. The van der Waals surface area contributed by atoms with E-state index in [1.807, 2.05) is 6.92 Å². The van der Waals surface area contributed by atoms with Crippen LogP contribution in [0.15, 0.2) is 24.3 Å². The summed E-state index contributed by atoms with van der Waals surface area (Å²) in [5.41, 5.74) is 1.07. The number of carbonyl (C=O) groups is 2. The summed E-state index contributed by atoms with van der Waals surface area (Å²) in [6, 6.07) is 6.98. The maximum absolute atomic E-state index is 12.2. The lowest BCUT2D eigenvalue weighted by Crippen LogP contribution is -2.41. The Kier molecular flexibility index (Phi) is 3.01. The number of amides is 2. The van der Waals surface area contributed by atoms with Crippen LogP contribution in [0.25, 0.3) is 0 Å². The normalized spacial score (nSPS) is 18.2. The molecule has 0 radical (unpaired) electrons. The Hall–Kier alpha value is -1.64. The molecule has 2 rings (SSSR count). The molecule has 0 unspecified atom stereocenters. The SMILES string of the molecule is CC[C@H](C)[C@@H](C)N1C(=O)c2ccccc2C1=O. The van der Waals surface area contributed by atoms with Crippen molar-refractivity contribution in [1.82, 2.24) is 4.90 Å². The first-order valence-electron chi connectivity index (χ1n) is 6.04. The Morgan fingerprint density at radius 3 is 1.94 bits per heavy atom. The maximum Gasteiger partial charge on any atom is 0.261 e. The first kappa shape index (κ1) is 11.8. The molecule has 17 heavy (non-hydrogen) atoms. The summed E-state index contributed by atoms with van der Waals surface area (Å²) in [5.74, 6) is 0.00834. The first-order valence-corrected chi connectivity index (χ1v) is 6.04. The largest absolute Gasteiger partial charge is 0.271 e. The van der Waals surface area contributed by atoms with Gasteiger partial charge in [-0.1, -0.05) is 32.4 Å². The highest BCUT2D eigenvalue weighted by atomic mass is 16.2. The van der Waals surface area contributed by atoms with E-state index >= 15 is 0 Å². The summed E-state index contributed by atoms with van der Waals surface area (Å²) in [6.45, 7) is 6.07. The third kappa shape index (κ3) is 1.75. The van der Waals surface area contributed by atoms with Crippen LogP contribution in [0.3, 0.4) is 0 Å². The zero-order chi connectivity index (χ0) is 12.6. The van der Waals surface area contributed by atoms with Gasteiger partial charge in [-0.3, -0.25) is 14.5 Å². The van der Waals surface area contributed by atoms with Gasteiger partial charge in [-0.05, 0) is 25.0 Å². The Labute approximate surface area is 101 Å². The Balaban J connectivity index is 2.36. The van der Waals surface area contributed by atoms with Gasteiger partial charge in [0.1, 0.15) is 0 Å². The summed E-state index contributed by atoms with van der Waals surface area (Å²) < 4.78 is 0. The zero-order valence-electron chi connectivity index (χ0n) is 10.4. The van der Waals surface area contributed by atoms with Gasteiger partial charge in [0.15, 0.2) is 0 Å². The molecule has 0 aliphatic carbocycles. The third-order valence-electron chi connectivity index (χ3n) is 3.70. The standard InChI is InChI=1S/C14H17NO2/c1-4-9(2)10(3)15-13(16)11-7-5-6-8-12(11)14(15)17/h5-10H,4H2,1-3H3/t9-,10+/m0/s1. The Morgan fingerprint density at radius 2 is 1.53 bits per heavy atom. The smallest absolute Gasteiger partial charge is 0.261 e. The number of nitrogens with zero attached hydrogens (tertiary/aromatic N) is 1. The van der Waals surface area contributed by atoms with E-state index in [9.17, 15) is 9.59 Å². The number of imide groups is 1. The lowest BCUT2D eigenvalue weighted by molar-refractivity contribution is 0.0550. The van der Waals surface area contributed by atoms with E-state index in [0.717, 1.165) is 6.42 Å². The molecule has 2 amide bonds. The van der Waals surface area contributed by atoms with Gasteiger partial charge < -0.3 is 0 Å². The van der Waals surface area contributed by atoms with Crippen molar-refractivity contribution in [1.29, 1.82) is 0 Å². The molecule has 0 saturated heterocycles. The van der Waals surface area contributed by atoms with Crippen molar-refractivity contribution >= 4 is 11.8 Å². The second kappa shape index (κ2) is 4.32. The van der Waals surface area contributed by atoms with Gasteiger partial charge in [0, 0.05) is 6.04 Å². The number of fused-ring (bicyclic) bond motifs is 1. The molecule has 0 N–H and O–H groups in total. The highest BCUT2D eigenvalue weighted by molar-refractivity contribution is 6.21. The van der Waals surface area contributed by atoms with Gasteiger partial charge in [0.25, 0.3) is 11.8 Å². The van der Waals surface area contributed by atoms with Gasteiger partial charge in [-0.2, -0.15) is 0 Å². The fraction of sp³-hybridized carbons (Fsp3) is 0.429. The highest BCUT2D eigenvalue weighted by Crippen LogP contribution is 2.27. The second-order valence-electron chi connectivity index (χ2n) is 4.65. The van der Waals surface area contributed by atoms with E-state index in [0.29, 0.717) is 17.0 Å². The second-order valence-corrected chi connectivity index (χ2v) is 4.65. The van der Waals surface area contributed by atoms with Crippen LogP contribution in [-0.4, -0.2) is 22.8 Å². The van der Waals surface area contributed by atoms with Crippen LogP contribution in [-0.2, 0) is 0 Å². The number of carbonyl (C=O) groups excluding carboxylic acids is 2. The van der Waals surface area contributed by atoms with E-state index in [-0.39, 0.29) is 17.9 Å². The summed E-state index contributed by atoms with van der Waals surface area (Å²) in [5, 5.41) is 0. The maximum atomic E-state index is 12.2. The minimum atomic E-state index is -0.154. The van der Waals surface area contributed by atoms with Gasteiger partial charge >= 0.3 is 0 Å². The Morgan fingerprint density at radius 1 is 1.06 bits per heavy atom. The first-order chi connectivity index (χ1) is 8.07. The molecular weight excluding hydrogens is 214 g/mol. The van der Waals surface area contributed by atoms with Crippen LogP contribution >= 0.6 is 0 Å². The van der Waals surface area contributed by atoms with E-state index < -0.39 is 0 Å². The van der Waals surface area contributed by atoms with Crippen molar-refractivity contribution in [3.63, 3.8) is 0 Å². The molecular formula is C14H17NO2.